The second-order valence-corrected chi connectivity index (χ2v) is 8.74. The van der Waals surface area contributed by atoms with Crippen LogP contribution in [0.1, 0.15) is 29.3 Å². The molecule has 10 heteroatoms. The maximum absolute atomic E-state index is 12.8. The van der Waals surface area contributed by atoms with Crippen molar-refractivity contribution >= 4 is 51.0 Å². The number of ether oxygens (including phenoxy) is 2. The van der Waals surface area contributed by atoms with Gasteiger partial charge in [0.15, 0.2) is 5.11 Å². The number of halogens is 1. The molecule has 1 heterocycles. The van der Waals surface area contributed by atoms with Crippen LogP contribution in [0.2, 0.25) is 0 Å². The minimum absolute atomic E-state index is 0.0773. The lowest BCUT2D eigenvalue weighted by molar-refractivity contribution is -0.147. The lowest BCUT2D eigenvalue weighted by Gasteiger charge is -2.36. The lowest BCUT2D eigenvalue weighted by Crippen LogP contribution is -2.60. The van der Waals surface area contributed by atoms with Crippen LogP contribution >= 0.6 is 28.1 Å². The first-order chi connectivity index (χ1) is 16.4. The fourth-order valence-corrected chi connectivity index (χ4v) is 4.27. The van der Waals surface area contributed by atoms with Crippen LogP contribution in [0.15, 0.2) is 53.0 Å². The van der Waals surface area contributed by atoms with Crippen LogP contribution in [-0.2, 0) is 20.7 Å². The molecule has 34 heavy (non-hydrogen) atoms. The summed E-state index contributed by atoms with van der Waals surface area (Å²) in [7, 11) is 0. The van der Waals surface area contributed by atoms with E-state index in [1.807, 2.05) is 30.3 Å². The second-order valence-electron chi connectivity index (χ2n) is 7.50. The van der Waals surface area contributed by atoms with Gasteiger partial charge in [0, 0.05) is 25.1 Å². The fraction of sp³-hybridized carbons (Fsp3) is 0.333. The Kier molecular flexibility index (Phi) is 9.41. The van der Waals surface area contributed by atoms with Crippen molar-refractivity contribution in [2.75, 3.05) is 26.3 Å². The Morgan fingerprint density at radius 1 is 1.24 bits per heavy atom. The Balaban J connectivity index is 1.59. The van der Waals surface area contributed by atoms with Crippen LogP contribution in [0.25, 0.3) is 0 Å². The number of benzene rings is 2. The van der Waals surface area contributed by atoms with Gasteiger partial charge in [0.1, 0.15) is 11.8 Å². The molecular weight excluding hydrogens is 522 g/mol. The zero-order valence-electron chi connectivity index (χ0n) is 18.7. The third-order valence-corrected chi connectivity index (χ3v) is 6.12. The summed E-state index contributed by atoms with van der Waals surface area (Å²) in [5.74, 6) is -0.647. The quantitative estimate of drug-likeness (QED) is 0.387. The van der Waals surface area contributed by atoms with Crippen molar-refractivity contribution in [2.45, 2.75) is 25.8 Å². The van der Waals surface area contributed by atoms with Gasteiger partial charge in [-0.25, -0.2) is 0 Å². The number of carbonyl (C=O) groups excluding carboxylic acids is 3. The van der Waals surface area contributed by atoms with Gasteiger partial charge >= 0.3 is 5.97 Å². The molecule has 3 rings (SSSR count). The number of hydrogen-bond donors (Lipinski definition) is 2. The molecule has 1 aliphatic rings. The molecule has 2 aromatic rings. The van der Waals surface area contributed by atoms with E-state index < -0.39 is 17.9 Å². The summed E-state index contributed by atoms with van der Waals surface area (Å²) in [4.78, 5) is 38.6. The van der Waals surface area contributed by atoms with Crippen molar-refractivity contribution in [3.63, 3.8) is 0 Å². The largest absolute Gasteiger partial charge is 0.492 e. The number of piperazine rings is 1. The summed E-state index contributed by atoms with van der Waals surface area (Å²) in [6.07, 6.45) is 0.608. The van der Waals surface area contributed by atoms with Crippen LogP contribution < -0.4 is 15.4 Å². The molecule has 180 valence electrons. The summed E-state index contributed by atoms with van der Waals surface area (Å²) < 4.78 is 11.4. The lowest BCUT2D eigenvalue weighted by atomic mass is 10.1. The zero-order chi connectivity index (χ0) is 24.5. The van der Waals surface area contributed by atoms with E-state index in [0.717, 1.165) is 6.42 Å². The number of hydrogen-bond acceptors (Lipinski definition) is 6. The van der Waals surface area contributed by atoms with Crippen molar-refractivity contribution in [2.24, 2.45) is 0 Å². The standard InChI is InChI=1S/C24H26BrN3O5S/c1-2-32-21(29)15-19-23(31)26-11-12-28(19)24(34)27-22(30)17-8-9-20(18(25)14-17)33-13-10-16-6-4-3-5-7-16/h3-9,14,19H,2,10-13,15H2,1H3,(H,26,31)(H,27,30,34). The van der Waals surface area contributed by atoms with Gasteiger partial charge in [-0.2, -0.15) is 0 Å². The first-order valence-electron chi connectivity index (χ1n) is 10.9. The molecule has 2 N–H and O–H groups in total. The summed E-state index contributed by atoms with van der Waals surface area (Å²) in [6, 6.07) is 14.2. The first-order valence-corrected chi connectivity index (χ1v) is 12.1. The maximum atomic E-state index is 12.8. The van der Waals surface area contributed by atoms with Crippen molar-refractivity contribution in [3.8, 4) is 5.75 Å². The van der Waals surface area contributed by atoms with Crippen molar-refractivity contribution in [3.05, 3.63) is 64.1 Å². The first kappa shape index (κ1) is 25.6. The SMILES string of the molecule is CCOC(=O)CC1C(=O)NCCN1C(=S)NC(=O)c1ccc(OCCc2ccccc2)c(Br)c1. The molecule has 2 amide bonds. The van der Waals surface area contributed by atoms with Gasteiger partial charge in [0.05, 0.1) is 24.1 Å². The molecule has 0 aromatic heterocycles. The predicted octanol–water partition coefficient (Wildman–Crippen LogP) is 2.84. The normalized spacial score (nSPS) is 15.3. The van der Waals surface area contributed by atoms with Crippen molar-refractivity contribution in [1.82, 2.24) is 15.5 Å². The van der Waals surface area contributed by atoms with Gasteiger partial charge in [-0.15, -0.1) is 0 Å². The van der Waals surface area contributed by atoms with Crippen LogP contribution in [0.3, 0.4) is 0 Å². The Bertz CT molecular complexity index is 1050. The predicted molar refractivity (Wildman–Crippen MR) is 135 cm³/mol. The smallest absolute Gasteiger partial charge is 0.308 e. The highest BCUT2D eigenvalue weighted by molar-refractivity contribution is 9.10. The van der Waals surface area contributed by atoms with E-state index in [2.05, 4.69) is 26.6 Å². The highest BCUT2D eigenvalue weighted by Crippen LogP contribution is 2.26. The Hall–Kier alpha value is -2.98. The van der Waals surface area contributed by atoms with Crippen LogP contribution in [0.5, 0.6) is 5.75 Å². The zero-order valence-corrected chi connectivity index (χ0v) is 21.1. The average molecular weight is 548 g/mol. The van der Waals surface area contributed by atoms with E-state index in [-0.39, 0.29) is 24.0 Å². The number of nitrogens with zero attached hydrogens (tertiary/aromatic N) is 1. The maximum Gasteiger partial charge on any atom is 0.308 e. The average Bonchev–Trinajstić information content (AvgIpc) is 2.82. The minimum atomic E-state index is -0.840. The van der Waals surface area contributed by atoms with Gasteiger partial charge in [0.25, 0.3) is 5.91 Å². The van der Waals surface area contributed by atoms with Gasteiger partial charge < -0.3 is 19.7 Å². The molecule has 8 nitrogen and oxygen atoms in total. The summed E-state index contributed by atoms with van der Waals surface area (Å²) in [5, 5.41) is 5.44. The van der Waals surface area contributed by atoms with E-state index in [1.54, 1.807) is 30.0 Å². The molecule has 1 saturated heterocycles. The summed E-state index contributed by atoms with van der Waals surface area (Å²) in [5.41, 5.74) is 1.55. The molecule has 0 aliphatic carbocycles. The molecular formula is C24H26BrN3O5S. The number of rotatable bonds is 8. The second kappa shape index (κ2) is 12.5. The van der Waals surface area contributed by atoms with Crippen LogP contribution in [-0.4, -0.2) is 60.1 Å². The number of nitrogens with one attached hydrogen (secondary N) is 2. The molecule has 2 aromatic carbocycles. The van der Waals surface area contributed by atoms with E-state index in [9.17, 15) is 14.4 Å². The topological polar surface area (TPSA) is 97.0 Å². The monoisotopic (exact) mass is 547 g/mol. The molecule has 0 bridgehead atoms. The fourth-order valence-electron chi connectivity index (χ4n) is 3.46. The molecule has 0 spiro atoms. The van der Waals surface area contributed by atoms with Gasteiger partial charge in [0.2, 0.25) is 5.91 Å². The van der Waals surface area contributed by atoms with Crippen molar-refractivity contribution in [1.29, 1.82) is 0 Å². The minimum Gasteiger partial charge on any atom is -0.492 e. The molecule has 1 aliphatic heterocycles. The highest BCUT2D eigenvalue weighted by atomic mass is 79.9. The van der Waals surface area contributed by atoms with Gasteiger partial charge in [-0.1, -0.05) is 30.3 Å². The molecule has 0 saturated carbocycles. The third-order valence-electron chi connectivity index (χ3n) is 5.16. The van der Waals surface area contributed by atoms with E-state index in [1.165, 1.54) is 5.56 Å². The third kappa shape index (κ3) is 7.01. The van der Waals surface area contributed by atoms with E-state index in [0.29, 0.717) is 35.5 Å². The summed E-state index contributed by atoms with van der Waals surface area (Å²) in [6.45, 7) is 3.13. The van der Waals surface area contributed by atoms with E-state index in [4.69, 9.17) is 21.7 Å². The molecule has 1 atom stereocenters. The number of thiocarbonyl (C=S) groups is 1. The van der Waals surface area contributed by atoms with E-state index >= 15 is 0 Å². The summed E-state index contributed by atoms with van der Waals surface area (Å²) >= 11 is 8.84. The number of amides is 2. The number of carbonyl (C=O) groups is 3. The molecule has 1 unspecified atom stereocenters. The van der Waals surface area contributed by atoms with Gasteiger partial charge in [-0.05, 0) is 58.8 Å². The Labute approximate surface area is 212 Å². The van der Waals surface area contributed by atoms with Crippen LogP contribution in [0, 0.1) is 0 Å². The Morgan fingerprint density at radius 2 is 2.00 bits per heavy atom. The highest BCUT2D eigenvalue weighted by Gasteiger charge is 2.34. The molecule has 1 fully saturated rings. The van der Waals surface area contributed by atoms with Crippen molar-refractivity contribution < 1.29 is 23.9 Å². The molecule has 0 radical (unpaired) electrons. The number of esters is 1. The van der Waals surface area contributed by atoms with Gasteiger partial charge in [-0.3, -0.25) is 19.7 Å². The van der Waals surface area contributed by atoms with Crippen LogP contribution in [0.4, 0.5) is 0 Å². The Morgan fingerprint density at radius 3 is 2.71 bits per heavy atom.